The second-order valence-electron chi connectivity index (χ2n) is 5.25. The molecule has 3 rings (SSSR count). The highest BCUT2D eigenvalue weighted by Gasteiger charge is 2.15. The van der Waals surface area contributed by atoms with E-state index >= 15 is 0 Å². The summed E-state index contributed by atoms with van der Waals surface area (Å²) >= 11 is 0. The van der Waals surface area contributed by atoms with Crippen molar-refractivity contribution in [2.45, 2.75) is 19.3 Å². The molecule has 0 bridgehead atoms. The number of rotatable bonds is 2. The number of hydrogen-bond acceptors (Lipinski definition) is 2. The molecule has 1 aromatic carbocycles. The maximum Gasteiger partial charge on any atom is 0.251 e. The number of aromatic nitrogens is 1. The molecule has 0 unspecified atom stereocenters. The molecule has 2 N–H and O–H groups in total. The van der Waals surface area contributed by atoms with Gasteiger partial charge in [0.2, 0.25) is 0 Å². The van der Waals surface area contributed by atoms with E-state index in [2.05, 4.69) is 10.3 Å². The van der Waals surface area contributed by atoms with Crippen molar-refractivity contribution < 1.29 is 4.39 Å². The van der Waals surface area contributed by atoms with Crippen LogP contribution in [-0.4, -0.2) is 18.1 Å². The van der Waals surface area contributed by atoms with Gasteiger partial charge < -0.3 is 10.3 Å². The van der Waals surface area contributed by atoms with E-state index < -0.39 is 0 Å². The summed E-state index contributed by atoms with van der Waals surface area (Å²) in [6.45, 7) is 2.04. The smallest absolute Gasteiger partial charge is 0.251 e. The topological polar surface area (TPSA) is 44.9 Å². The molecule has 0 spiro atoms. The van der Waals surface area contributed by atoms with Crippen molar-refractivity contribution >= 4 is 10.9 Å². The van der Waals surface area contributed by atoms with Gasteiger partial charge in [-0.1, -0.05) is 0 Å². The molecule has 1 aromatic heterocycles. The van der Waals surface area contributed by atoms with Gasteiger partial charge in [0.25, 0.3) is 5.56 Å². The van der Waals surface area contributed by atoms with Crippen molar-refractivity contribution in [1.29, 1.82) is 0 Å². The lowest BCUT2D eigenvalue weighted by Gasteiger charge is -2.22. The molecule has 0 radical (unpaired) electrons. The molecule has 0 atom stereocenters. The van der Waals surface area contributed by atoms with Crippen LogP contribution in [0.25, 0.3) is 10.9 Å². The Balaban J connectivity index is 1.93. The number of benzene rings is 1. The Labute approximate surface area is 110 Å². The summed E-state index contributed by atoms with van der Waals surface area (Å²) in [5, 5.41) is 4.08. The van der Waals surface area contributed by atoms with Crippen molar-refractivity contribution in [3.05, 3.63) is 46.0 Å². The fourth-order valence-corrected chi connectivity index (χ4v) is 2.77. The Morgan fingerprint density at radius 2 is 2.00 bits per heavy atom. The molecule has 0 saturated carbocycles. The molecule has 4 heteroatoms. The zero-order valence-electron chi connectivity index (χ0n) is 10.7. The van der Waals surface area contributed by atoms with E-state index in [9.17, 15) is 9.18 Å². The molecule has 19 heavy (non-hydrogen) atoms. The Kier molecular flexibility index (Phi) is 3.34. The molecule has 0 aliphatic carbocycles. The predicted molar refractivity (Wildman–Crippen MR) is 73.8 cm³/mol. The van der Waals surface area contributed by atoms with Crippen LogP contribution in [0.3, 0.4) is 0 Å². The standard InChI is InChI=1S/C15H17FN2O/c16-13-1-2-14-11(9-13)8-12(15(19)18-14)7-10-3-5-17-6-4-10/h1-2,8-10,17H,3-7H2,(H,18,19). The average Bonchev–Trinajstić information content (AvgIpc) is 2.41. The first-order valence-electron chi connectivity index (χ1n) is 6.74. The van der Waals surface area contributed by atoms with Crippen molar-refractivity contribution in [2.24, 2.45) is 5.92 Å². The van der Waals surface area contributed by atoms with Gasteiger partial charge in [-0.2, -0.15) is 0 Å². The molecule has 100 valence electrons. The Bertz CT molecular complexity index is 644. The normalized spacial score (nSPS) is 16.9. The van der Waals surface area contributed by atoms with E-state index in [0.29, 0.717) is 11.4 Å². The van der Waals surface area contributed by atoms with E-state index in [1.807, 2.05) is 6.07 Å². The summed E-state index contributed by atoms with van der Waals surface area (Å²) in [6.07, 6.45) is 2.98. The molecule has 1 saturated heterocycles. The van der Waals surface area contributed by atoms with E-state index in [-0.39, 0.29) is 11.4 Å². The third-order valence-electron chi connectivity index (χ3n) is 3.85. The van der Waals surface area contributed by atoms with Crippen molar-refractivity contribution in [3.8, 4) is 0 Å². The van der Waals surface area contributed by atoms with E-state index in [1.165, 1.54) is 12.1 Å². The average molecular weight is 260 g/mol. The van der Waals surface area contributed by atoms with Gasteiger partial charge in [0.1, 0.15) is 5.82 Å². The second-order valence-corrected chi connectivity index (χ2v) is 5.25. The number of pyridine rings is 1. The summed E-state index contributed by atoms with van der Waals surface area (Å²) in [6, 6.07) is 6.28. The minimum Gasteiger partial charge on any atom is -0.322 e. The molecular formula is C15H17FN2O. The van der Waals surface area contributed by atoms with Crippen LogP contribution in [0.15, 0.2) is 29.1 Å². The fraction of sp³-hybridized carbons (Fsp3) is 0.400. The van der Waals surface area contributed by atoms with Crippen molar-refractivity contribution in [2.75, 3.05) is 13.1 Å². The lowest BCUT2D eigenvalue weighted by molar-refractivity contribution is 0.372. The highest BCUT2D eigenvalue weighted by molar-refractivity contribution is 5.78. The summed E-state index contributed by atoms with van der Waals surface area (Å²) in [4.78, 5) is 14.9. The highest BCUT2D eigenvalue weighted by Crippen LogP contribution is 2.19. The fourth-order valence-electron chi connectivity index (χ4n) is 2.77. The van der Waals surface area contributed by atoms with Gasteiger partial charge >= 0.3 is 0 Å². The summed E-state index contributed by atoms with van der Waals surface area (Å²) in [5.41, 5.74) is 1.42. The van der Waals surface area contributed by atoms with E-state index in [4.69, 9.17) is 0 Å². The van der Waals surface area contributed by atoms with Gasteiger partial charge in [-0.25, -0.2) is 4.39 Å². The summed E-state index contributed by atoms with van der Waals surface area (Å²) < 4.78 is 13.2. The van der Waals surface area contributed by atoms with Crippen LogP contribution >= 0.6 is 0 Å². The van der Waals surface area contributed by atoms with Gasteiger partial charge in [0.15, 0.2) is 0 Å². The van der Waals surface area contributed by atoms with Crippen LogP contribution in [0.5, 0.6) is 0 Å². The van der Waals surface area contributed by atoms with Crippen LogP contribution in [0.1, 0.15) is 18.4 Å². The van der Waals surface area contributed by atoms with Crippen LogP contribution in [0.4, 0.5) is 4.39 Å². The van der Waals surface area contributed by atoms with Gasteiger partial charge in [-0.3, -0.25) is 4.79 Å². The van der Waals surface area contributed by atoms with Gasteiger partial charge in [-0.15, -0.1) is 0 Å². The third kappa shape index (κ3) is 2.68. The monoisotopic (exact) mass is 260 g/mol. The minimum absolute atomic E-state index is 0.0439. The lowest BCUT2D eigenvalue weighted by Crippen LogP contribution is -2.29. The van der Waals surface area contributed by atoms with Gasteiger partial charge in [0, 0.05) is 16.5 Å². The first kappa shape index (κ1) is 12.4. The number of H-pyrrole nitrogens is 1. The largest absolute Gasteiger partial charge is 0.322 e. The predicted octanol–water partition coefficient (Wildman–Crippen LogP) is 2.21. The molecule has 1 aliphatic rings. The van der Waals surface area contributed by atoms with Gasteiger partial charge in [0.05, 0.1) is 0 Å². The van der Waals surface area contributed by atoms with Crippen LogP contribution in [0, 0.1) is 11.7 Å². The number of halogens is 1. The highest BCUT2D eigenvalue weighted by atomic mass is 19.1. The first-order valence-corrected chi connectivity index (χ1v) is 6.74. The molecule has 1 aliphatic heterocycles. The number of fused-ring (bicyclic) bond motifs is 1. The maximum absolute atomic E-state index is 13.2. The molecule has 2 aromatic rings. The first-order chi connectivity index (χ1) is 9.22. The van der Waals surface area contributed by atoms with Crippen molar-refractivity contribution in [3.63, 3.8) is 0 Å². The molecular weight excluding hydrogens is 243 g/mol. The Hall–Kier alpha value is -1.68. The second kappa shape index (κ2) is 5.13. The SMILES string of the molecule is O=c1[nH]c2ccc(F)cc2cc1CC1CCNCC1. The third-order valence-corrected chi connectivity index (χ3v) is 3.85. The van der Waals surface area contributed by atoms with E-state index in [0.717, 1.165) is 43.3 Å². The summed E-state index contributed by atoms with van der Waals surface area (Å²) in [7, 11) is 0. The van der Waals surface area contributed by atoms with Crippen molar-refractivity contribution in [1.82, 2.24) is 10.3 Å². The molecule has 1 fully saturated rings. The number of hydrogen-bond donors (Lipinski definition) is 2. The van der Waals surface area contributed by atoms with Crippen LogP contribution < -0.4 is 10.9 Å². The zero-order chi connectivity index (χ0) is 13.2. The zero-order valence-corrected chi connectivity index (χ0v) is 10.7. The Morgan fingerprint density at radius 1 is 1.21 bits per heavy atom. The van der Waals surface area contributed by atoms with E-state index in [1.54, 1.807) is 6.07 Å². The maximum atomic E-state index is 13.2. The molecule has 2 heterocycles. The Morgan fingerprint density at radius 3 is 2.79 bits per heavy atom. The summed E-state index contributed by atoms with van der Waals surface area (Å²) in [5.74, 6) is 0.278. The van der Waals surface area contributed by atoms with Gasteiger partial charge in [-0.05, 0) is 62.5 Å². The van der Waals surface area contributed by atoms with Crippen LogP contribution in [-0.2, 0) is 6.42 Å². The number of piperidine rings is 1. The molecule has 0 amide bonds. The quantitative estimate of drug-likeness (QED) is 0.869. The van der Waals surface area contributed by atoms with Crippen LogP contribution in [0.2, 0.25) is 0 Å². The minimum atomic E-state index is -0.271. The lowest BCUT2D eigenvalue weighted by atomic mass is 9.91. The number of nitrogens with one attached hydrogen (secondary N) is 2. The molecule has 3 nitrogen and oxygen atoms in total. The number of aromatic amines is 1.